The van der Waals surface area contributed by atoms with Gasteiger partial charge in [-0.2, -0.15) is 5.26 Å². The lowest BCUT2D eigenvalue weighted by atomic mass is 9.67. The number of ketones is 1. The second-order valence-corrected chi connectivity index (χ2v) is 4.39. The van der Waals surface area contributed by atoms with Gasteiger partial charge in [-0.1, -0.05) is 19.3 Å². The molecule has 0 amide bonds. The zero-order valence-corrected chi connectivity index (χ0v) is 7.83. The average Bonchev–Trinajstić information content (AvgIpc) is 2.17. The Morgan fingerprint density at radius 2 is 1.92 bits per heavy atom. The van der Waals surface area contributed by atoms with Crippen molar-refractivity contribution < 1.29 is 4.79 Å². The highest BCUT2D eigenvalue weighted by molar-refractivity contribution is 5.84. The molecule has 2 aliphatic carbocycles. The number of fused-ring (bicyclic) bond motifs is 1. The largest absolute Gasteiger partial charge is 0.298 e. The Balaban J connectivity index is 2.06. The maximum Gasteiger partial charge on any atom is 0.150 e. The van der Waals surface area contributed by atoms with Crippen LogP contribution in [0, 0.1) is 29.1 Å². The summed E-state index contributed by atoms with van der Waals surface area (Å²) >= 11 is 0. The van der Waals surface area contributed by atoms with Crippen molar-refractivity contribution in [2.75, 3.05) is 0 Å². The van der Waals surface area contributed by atoms with Crippen LogP contribution in [0.2, 0.25) is 0 Å². The number of nitrogens with zero attached hydrogens (tertiary/aromatic N) is 1. The van der Waals surface area contributed by atoms with Crippen LogP contribution in [-0.4, -0.2) is 5.78 Å². The lowest BCUT2D eigenvalue weighted by Crippen LogP contribution is -2.33. The van der Waals surface area contributed by atoms with Crippen LogP contribution >= 0.6 is 0 Å². The van der Waals surface area contributed by atoms with Crippen molar-refractivity contribution in [3.05, 3.63) is 0 Å². The van der Waals surface area contributed by atoms with E-state index < -0.39 is 0 Å². The van der Waals surface area contributed by atoms with E-state index in [0.717, 1.165) is 6.42 Å². The van der Waals surface area contributed by atoms with E-state index in [0.29, 0.717) is 18.3 Å². The standard InChI is InChI=1S/C11H15NO/c12-7-10-5-8-3-1-2-4-9(8)6-11(10)13/h8-10H,1-6H2/t8-,9-,10+/m1/s1. The van der Waals surface area contributed by atoms with Gasteiger partial charge in [-0.05, 0) is 24.7 Å². The minimum absolute atomic E-state index is 0.200. The fourth-order valence-electron chi connectivity index (χ4n) is 2.82. The van der Waals surface area contributed by atoms with Crippen molar-refractivity contribution in [2.45, 2.75) is 38.5 Å². The molecule has 0 radical (unpaired) electrons. The van der Waals surface area contributed by atoms with Crippen LogP contribution in [0.1, 0.15) is 38.5 Å². The molecular formula is C11H15NO. The molecule has 0 unspecified atom stereocenters. The normalized spacial score (nSPS) is 39.3. The van der Waals surface area contributed by atoms with E-state index in [4.69, 9.17) is 5.26 Å². The van der Waals surface area contributed by atoms with Gasteiger partial charge in [0, 0.05) is 6.42 Å². The van der Waals surface area contributed by atoms with Gasteiger partial charge in [0.1, 0.15) is 11.7 Å². The third-order valence-electron chi connectivity index (χ3n) is 3.61. The van der Waals surface area contributed by atoms with E-state index in [2.05, 4.69) is 6.07 Å². The van der Waals surface area contributed by atoms with E-state index in [-0.39, 0.29) is 11.7 Å². The maximum absolute atomic E-state index is 11.5. The van der Waals surface area contributed by atoms with Crippen molar-refractivity contribution >= 4 is 5.78 Å². The number of Topliss-reactive ketones (excluding diaryl/α,β-unsaturated/α-hetero) is 1. The summed E-state index contributed by atoms with van der Waals surface area (Å²) in [5.74, 6) is 1.21. The molecule has 2 fully saturated rings. The van der Waals surface area contributed by atoms with Gasteiger partial charge in [0.15, 0.2) is 0 Å². The van der Waals surface area contributed by atoms with Gasteiger partial charge < -0.3 is 0 Å². The minimum Gasteiger partial charge on any atom is -0.298 e. The molecular weight excluding hydrogens is 162 g/mol. The molecule has 3 atom stereocenters. The Morgan fingerprint density at radius 3 is 2.62 bits per heavy atom. The summed E-state index contributed by atoms with van der Waals surface area (Å²) in [5.41, 5.74) is 0. The molecule has 2 heteroatoms. The first-order chi connectivity index (χ1) is 6.31. The van der Waals surface area contributed by atoms with E-state index in [1.165, 1.54) is 25.7 Å². The first-order valence-corrected chi connectivity index (χ1v) is 5.23. The first kappa shape index (κ1) is 8.74. The second kappa shape index (κ2) is 3.49. The van der Waals surface area contributed by atoms with Crippen molar-refractivity contribution in [1.29, 1.82) is 5.26 Å². The number of hydrogen-bond donors (Lipinski definition) is 0. The Bertz CT molecular complexity index is 253. The molecule has 2 rings (SSSR count). The molecule has 0 N–H and O–H groups in total. The number of hydrogen-bond acceptors (Lipinski definition) is 2. The highest BCUT2D eigenvalue weighted by Gasteiger charge is 2.36. The summed E-state index contributed by atoms with van der Waals surface area (Å²) < 4.78 is 0. The molecule has 13 heavy (non-hydrogen) atoms. The predicted octanol–water partition coefficient (Wildman–Crippen LogP) is 2.30. The average molecular weight is 177 g/mol. The predicted molar refractivity (Wildman–Crippen MR) is 48.8 cm³/mol. The first-order valence-electron chi connectivity index (χ1n) is 5.23. The molecule has 0 bridgehead atoms. The van der Waals surface area contributed by atoms with Gasteiger partial charge in [-0.3, -0.25) is 4.79 Å². The summed E-state index contributed by atoms with van der Waals surface area (Å²) in [6, 6.07) is 2.14. The summed E-state index contributed by atoms with van der Waals surface area (Å²) in [6.45, 7) is 0. The van der Waals surface area contributed by atoms with Gasteiger partial charge >= 0.3 is 0 Å². The second-order valence-electron chi connectivity index (χ2n) is 4.39. The Hall–Kier alpha value is -0.840. The van der Waals surface area contributed by atoms with Crippen LogP contribution < -0.4 is 0 Å². The van der Waals surface area contributed by atoms with Gasteiger partial charge in [-0.15, -0.1) is 0 Å². The van der Waals surface area contributed by atoms with E-state index in [1.54, 1.807) is 0 Å². The highest BCUT2D eigenvalue weighted by atomic mass is 16.1. The Labute approximate surface area is 78.9 Å². The molecule has 70 valence electrons. The zero-order valence-electron chi connectivity index (χ0n) is 7.83. The van der Waals surface area contributed by atoms with Crippen molar-refractivity contribution in [3.8, 4) is 6.07 Å². The topological polar surface area (TPSA) is 40.9 Å². The number of carbonyl (C=O) groups excluding carboxylic acids is 1. The van der Waals surface area contributed by atoms with E-state index in [9.17, 15) is 4.79 Å². The fraction of sp³-hybridized carbons (Fsp3) is 0.818. The Morgan fingerprint density at radius 1 is 1.23 bits per heavy atom. The Kier molecular flexibility index (Phi) is 2.35. The SMILES string of the molecule is N#C[C@@H]1C[C@H]2CCCC[C@@H]2CC1=O. The van der Waals surface area contributed by atoms with Crippen LogP contribution in [0.15, 0.2) is 0 Å². The van der Waals surface area contributed by atoms with Gasteiger partial charge in [0.25, 0.3) is 0 Å². The van der Waals surface area contributed by atoms with Crippen LogP contribution in [0.25, 0.3) is 0 Å². The monoisotopic (exact) mass is 177 g/mol. The molecule has 0 aliphatic heterocycles. The molecule has 2 nitrogen and oxygen atoms in total. The smallest absolute Gasteiger partial charge is 0.150 e. The molecule has 0 aromatic rings. The van der Waals surface area contributed by atoms with Crippen molar-refractivity contribution in [3.63, 3.8) is 0 Å². The quantitative estimate of drug-likeness (QED) is 0.569. The lowest BCUT2D eigenvalue weighted by Gasteiger charge is -2.36. The van der Waals surface area contributed by atoms with Gasteiger partial charge in [0.2, 0.25) is 0 Å². The van der Waals surface area contributed by atoms with Crippen LogP contribution in [0.4, 0.5) is 0 Å². The highest BCUT2D eigenvalue weighted by Crippen LogP contribution is 2.40. The number of carbonyl (C=O) groups is 1. The third kappa shape index (κ3) is 1.60. The summed E-state index contributed by atoms with van der Waals surface area (Å²) in [4.78, 5) is 11.5. The molecule has 0 saturated heterocycles. The van der Waals surface area contributed by atoms with E-state index in [1.807, 2.05) is 0 Å². The maximum atomic E-state index is 11.5. The molecule has 0 aromatic carbocycles. The van der Waals surface area contributed by atoms with E-state index >= 15 is 0 Å². The van der Waals surface area contributed by atoms with Crippen molar-refractivity contribution in [2.24, 2.45) is 17.8 Å². The lowest BCUT2D eigenvalue weighted by molar-refractivity contribution is -0.126. The molecule has 2 aliphatic rings. The number of rotatable bonds is 0. The zero-order chi connectivity index (χ0) is 9.26. The summed E-state index contributed by atoms with van der Waals surface area (Å²) in [7, 11) is 0. The molecule has 0 heterocycles. The minimum atomic E-state index is -0.278. The summed E-state index contributed by atoms with van der Waals surface area (Å²) in [6.07, 6.45) is 6.58. The van der Waals surface area contributed by atoms with Gasteiger partial charge in [-0.25, -0.2) is 0 Å². The molecule has 0 spiro atoms. The van der Waals surface area contributed by atoms with Crippen LogP contribution in [-0.2, 0) is 4.79 Å². The fourth-order valence-corrected chi connectivity index (χ4v) is 2.82. The molecule has 2 saturated carbocycles. The van der Waals surface area contributed by atoms with Crippen LogP contribution in [0.3, 0.4) is 0 Å². The van der Waals surface area contributed by atoms with Crippen LogP contribution in [0.5, 0.6) is 0 Å². The summed E-state index contributed by atoms with van der Waals surface area (Å²) in [5, 5.41) is 8.78. The third-order valence-corrected chi connectivity index (χ3v) is 3.61. The van der Waals surface area contributed by atoms with Gasteiger partial charge in [0.05, 0.1) is 6.07 Å². The molecule has 0 aromatic heterocycles. The van der Waals surface area contributed by atoms with Crippen molar-refractivity contribution in [1.82, 2.24) is 0 Å². The number of nitriles is 1.